The molecular weight excluding hydrogens is 300 g/mol. The second-order valence-electron chi connectivity index (χ2n) is 5.59. The molecule has 0 saturated carbocycles. The average molecular weight is 322 g/mol. The van der Waals surface area contributed by atoms with E-state index in [1.54, 1.807) is 44.2 Å². The first-order valence-corrected chi connectivity index (χ1v) is 7.18. The SMILES string of the molecule is CC(C)=CC(=O)OCC(CO)(CO)COC(=O)c1ccccc1. The highest BCUT2D eigenvalue weighted by molar-refractivity contribution is 5.89. The molecule has 1 rings (SSSR count). The van der Waals surface area contributed by atoms with Gasteiger partial charge < -0.3 is 19.7 Å². The molecule has 6 heteroatoms. The van der Waals surface area contributed by atoms with E-state index < -0.39 is 30.6 Å². The van der Waals surface area contributed by atoms with Gasteiger partial charge in [0.05, 0.1) is 24.2 Å². The van der Waals surface area contributed by atoms with Gasteiger partial charge in [0.15, 0.2) is 0 Å². The van der Waals surface area contributed by atoms with Crippen molar-refractivity contribution < 1.29 is 29.3 Å². The second kappa shape index (κ2) is 9.07. The van der Waals surface area contributed by atoms with Gasteiger partial charge in [0.1, 0.15) is 13.2 Å². The third kappa shape index (κ3) is 6.22. The van der Waals surface area contributed by atoms with Crippen LogP contribution in [-0.2, 0) is 14.3 Å². The minimum atomic E-state index is -1.24. The molecule has 6 nitrogen and oxygen atoms in total. The Hall–Kier alpha value is -2.18. The second-order valence-corrected chi connectivity index (χ2v) is 5.59. The number of benzene rings is 1. The van der Waals surface area contributed by atoms with Gasteiger partial charge >= 0.3 is 11.9 Å². The summed E-state index contributed by atoms with van der Waals surface area (Å²) >= 11 is 0. The van der Waals surface area contributed by atoms with Gasteiger partial charge in [0.2, 0.25) is 0 Å². The normalized spacial score (nSPS) is 10.8. The number of hydrogen-bond acceptors (Lipinski definition) is 6. The summed E-state index contributed by atoms with van der Waals surface area (Å²) in [5.41, 5.74) is -0.113. The van der Waals surface area contributed by atoms with E-state index in [-0.39, 0.29) is 13.2 Å². The van der Waals surface area contributed by atoms with Gasteiger partial charge in [-0.25, -0.2) is 9.59 Å². The van der Waals surface area contributed by atoms with Crippen LogP contribution in [0.1, 0.15) is 24.2 Å². The average Bonchev–Trinajstić information content (AvgIpc) is 2.55. The van der Waals surface area contributed by atoms with Crippen LogP contribution in [0.15, 0.2) is 42.0 Å². The molecule has 0 heterocycles. The monoisotopic (exact) mass is 322 g/mol. The molecule has 1 aromatic rings. The molecule has 0 bridgehead atoms. The number of allylic oxidation sites excluding steroid dienone is 1. The Balaban J connectivity index is 2.64. The van der Waals surface area contributed by atoms with Crippen LogP contribution in [0.2, 0.25) is 0 Å². The molecule has 0 aliphatic carbocycles. The zero-order chi connectivity index (χ0) is 17.3. The summed E-state index contributed by atoms with van der Waals surface area (Å²) in [6.07, 6.45) is 1.30. The Bertz CT molecular complexity index is 541. The Labute approximate surface area is 135 Å². The maximum absolute atomic E-state index is 11.9. The van der Waals surface area contributed by atoms with E-state index in [0.29, 0.717) is 5.56 Å². The van der Waals surface area contributed by atoms with E-state index in [1.165, 1.54) is 6.08 Å². The summed E-state index contributed by atoms with van der Waals surface area (Å²) in [5.74, 6) is -1.15. The fourth-order valence-corrected chi connectivity index (χ4v) is 1.65. The summed E-state index contributed by atoms with van der Waals surface area (Å²) in [5, 5.41) is 19.0. The summed E-state index contributed by atoms with van der Waals surface area (Å²) < 4.78 is 10.1. The van der Waals surface area contributed by atoms with Crippen LogP contribution in [0.25, 0.3) is 0 Å². The smallest absolute Gasteiger partial charge is 0.338 e. The van der Waals surface area contributed by atoms with Crippen LogP contribution < -0.4 is 0 Å². The predicted molar refractivity (Wildman–Crippen MR) is 83.7 cm³/mol. The highest BCUT2D eigenvalue weighted by Gasteiger charge is 2.33. The van der Waals surface area contributed by atoms with Gasteiger partial charge in [-0.15, -0.1) is 0 Å². The minimum Gasteiger partial charge on any atom is -0.462 e. The molecule has 0 fully saturated rings. The van der Waals surface area contributed by atoms with Crippen molar-refractivity contribution in [2.75, 3.05) is 26.4 Å². The van der Waals surface area contributed by atoms with Crippen molar-refractivity contribution >= 4 is 11.9 Å². The van der Waals surface area contributed by atoms with Gasteiger partial charge in [0, 0.05) is 6.08 Å². The van der Waals surface area contributed by atoms with Gasteiger partial charge in [0.25, 0.3) is 0 Å². The lowest BCUT2D eigenvalue weighted by atomic mass is 9.92. The minimum absolute atomic E-state index is 0.259. The van der Waals surface area contributed by atoms with Crippen molar-refractivity contribution in [3.63, 3.8) is 0 Å². The Morgan fingerprint density at radius 1 is 1.04 bits per heavy atom. The molecule has 23 heavy (non-hydrogen) atoms. The van der Waals surface area contributed by atoms with Crippen LogP contribution in [-0.4, -0.2) is 48.6 Å². The van der Waals surface area contributed by atoms with Gasteiger partial charge in [-0.1, -0.05) is 23.8 Å². The molecule has 0 radical (unpaired) electrons. The Kier molecular flexibility index (Phi) is 7.44. The molecule has 0 spiro atoms. The van der Waals surface area contributed by atoms with Crippen LogP contribution in [0.5, 0.6) is 0 Å². The molecule has 0 amide bonds. The first-order valence-electron chi connectivity index (χ1n) is 7.18. The number of ether oxygens (including phenoxy) is 2. The third-order valence-electron chi connectivity index (χ3n) is 3.12. The van der Waals surface area contributed by atoms with Crippen molar-refractivity contribution in [1.29, 1.82) is 0 Å². The van der Waals surface area contributed by atoms with Crippen molar-refractivity contribution in [2.45, 2.75) is 13.8 Å². The van der Waals surface area contributed by atoms with E-state index in [4.69, 9.17) is 9.47 Å². The zero-order valence-corrected chi connectivity index (χ0v) is 13.3. The van der Waals surface area contributed by atoms with Crippen LogP contribution >= 0.6 is 0 Å². The maximum atomic E-state index is 11.9. The Morgan fingerprint density at radius 2 is 1.61 bits per heavy atom. The van der Waals surface area contributed by atoms with Crippen molar-refractivity contribution in [3.05, 3.63) is 47.5 Å². The van der Waals surface area contributed by atoms with Crippen molar-refractivity contribution in [2.24, 2.45) is 5.41 Å². The quantitative estimate of drug-likeness (QED) is 0.554. The molecular formula is C17H22O6. The van der Waals surface area contributed by atoms with Gasteiger partial charge in [-0.05, 0) is 26.0 Å². The first-order chi connectivity index (χ1) is 10.9. The van der Waals surface area contributed by atoms with Gasteiger partial charge in [-0.2, -0.15) is 0 Å². The van der Waals surface area contributed by atoms with Crippen LogP contribution in [0.3, 0.4) is 0 Å². The molecule has 1 aromatic carbocycles. The molecule has 0 atom stereocenters. The number of aliphatic hydroxyl groups is 2. The molecule has 2 N–H and O–H groups in total. The number of hydrogen-bond donors (Lipinski definition) is 2. The standard InChI is InChI=1S/C17H22O6/c1-13(2)8-15(20)22-11-17(9-18,10-19)12-23-16(21)14-6-4-3-5-7-14/h3-8,18-19H,9-12H2,1-2H3. The third-order valence-corrected chi connectivity index (χ3v) is 3.12. The molecule has 0 aromatic heterocycles. The largest absolute Gasteiger partial charge is 0.462 e. The molecule has 0 aliphatic heterocycles. The highest BCUT2D eigenvalue weighted by atomic mass is 16.5. The number of esters is 2. The van der Waals surface area contributed by atoms with E-state index in [9.17, 15) is 19.8 Å². The van der Waals surface area contributed by atoms with Crippen LogP contribution in [0, 0.1) is 5.41 Å². The number of rotatable bonds is 8. The molecule has 126 valence electrons. The highest BCUT2D eigenvalue weighted by Crippen LogP contribution is 2.18. The topological polar surface area (TPSA) is 93.1 Å². The predicted octanol–water partition coefficient (Wildman–Crippen LogP) is 1.32. The number of carbonyl (C=O) groups excluding carboxylic acids is 2. The lowest BCUT2D eigenvalue weighted by Gasteiger charge is -2.28. The summed E-state index contributed by atoms with van der Waals surface area (Å²) in [7, 11) is 0. The number of carbonyl (C=O) groups is 2. The van der Waals surface area contributed by atoms with E-state index in [0.717, 1.165) is 5.57 Å². The van der Waals surface area contributed by atoms with Crippen LogP contribution in [0.4, 0.5) is 0 Å². The lowest BCUT2D eigenvalue weighted by molar-refractivity contribution is -0.145. The summed E-state index contributed by atoms with van der Waals surface area (Å²) in [6, 6.07) is 8.35. The first kappa shape index (κ1) is 18.9. The summed E-state index contributed by atoms with van der Waals surface area (Å²) in [6.45, 7) is 1.98. The van der Waals surface area contributed by atoms with E-state index in [1.807, 2.05) is 0 Å². The fraction of sp³-hybridized carbons (Fsp3) is 0.412. The zero-order valence-electron chi connectivity index (χ0n) is 13.3. The lowest BCUT2D eigenvalue weighted by Crippen LogP contribution is -2.41. The van der Waals surface area contributed by atoms with Gasteiger partial charge in [-0.3, -0.25) is 0 Å². The molecule has 0 aliphatic rings. The summed E-state index contributed by atoms with van der Waals surface area (Å²) in [4.78, 5) is 23.4. The van der Waals surface area contributed by atoms with E-state index in [2.05, 4.69) is 0 Å². The molecule has 0 saturated heterocycles. The fourth-order valence-electron chi connectivity index (χ4n) is 1.65. The maximum Gasteiger partial charge on any atom is 0.338 e. The Morgan fingerprint density at radius 3 is 2.13 bits per heavy atom. The molecule has 0 unspecified atom stereocenters. The van der Waals surface area contributed by atoms with E-state index >= 15 is 0 Å². The van der Waals surface area contributed by atoms with Crippen molar-refractivity contribution in [3.8, 4) is 0 Å². The van der Waals surface area contributed by atoms with Crippen molar-refractivity contribution in [1.82, 2.24) is 0 Å². The number of aliphatic hydroxyl groups excluding tert-OH is 2.